The molecule has 0 atom stereocenters. The summed E-state index contributed by atoms with van der Waals surface area (Å²) in [5, 5.41) is 4.57. The van der Waals surface area contributed by atoms with Crippen molar-refractivity contribution in [1.82, 2.24) is 0 Å². The van der Waals surface area contributed by atoms with Gasteiger partial charge in [-0.1, -0.05) is 11.6 Å². The minimum absolute atomic E-state index is 0.0496. The van der Waals surface area contributed by atoms with Crippen LogP contribution in [0.15, 0.2) is 29.4 Å². The van der Waals surface area contributed by atoms with Crippen molar-refractivity contribution in [2.45, 2.75) is 13.8 Å². The summed E-state index contributed by atoms with van der Waals surface area (Å²) >= 11 is 5.71. The first-order valence-electron chi connectivity index (χ1n) is 4.16. The van der Waals surface area contributed by atoms with Crippen LogP contribution in [-0.2, 0) is 4.79 Å². The zero-order valence-electron chi connectivity index (χ0n) is 8.04. The van der Waals surface area contributed by atoms with Gasteiger partial charge in [0.2, 0.25) is 0 Å². The van der Waals surface area contributed by atoms with Gasteiger partial charge in [-0.3, -0.25) is 10.2 Å². The number of Topliss-reactive ketones (excluding diaryl/α,β-unsaturated/α-hetero) is 1. The summed E-state index contributed by atoms with van der Waals surface area (Å²) in [4.78, 5) is 10.8. The molecule has 0 unspecified atom stereocenters. The Morgan fingerprint density at radius 1 is 1.29 bits per heavy atom. The Morgan fingerprint density at radius 3 is 2.36 bits per heavy atom. The monoisotopic (exact) mass is 210 g/mol. The topological polar surface area (TPSA) is 41.5 Å². The smallest absolute Gasteiger partial charge is 0.175 e. The molecule has 0 spiro atoms. The lowest BCUT2D eigenvalue weighted by molar-refractivity contribution is -0.111. The Kier molecular flexibility index (Phi) is 3.65. The quantitative estimate of drug-likeness (QED) is 0.616. The Balaban J connectivity index is 2.66. The van der Waals surface area contributed by atoms with Crippen molar-refractivity contribution in [2.24, 2.45) is 5.10 Å². The van der Waals surface area contributed by atoms with Gasteiger partial charge in [-0.15, -0.1) is 0 Å². The second-order valence-corrected chi connectivity index (χ2v) is 3.31. The molecule has 0 aliphatic rings. The summed E-state index contributed by atoms with van der Waals surface area (Å²) in [6, 6.07) is 7.09. The molecule has 1 aromatic carbocycles. The normalized spacial score (nSPS) is 11.2. The molecule has 1 aromatic rings. The Morgan fingerprint density at radius 2 is 1.86 bits per heavy atom. The number of ketones is 1. The molecule has 0 aliphatic heterocycles. The van der Waals surface area contributed by atoms with E-state index in [0.717, 1.165) is 5.69 Å². The number of rotatable bonds is 3. The lowest BCUT2D eigenvalue weighted by atomic mass is 10.3. The van der Waals surface area contributed by atoms with Crippen LogP contribution >= 0.6 is 11.6 Å². The summed E-state index contributed by atoms with van der Waals surface area (Å²) in [6.07, 6.45) is 0. The fourth-order valence-electron chi connectivity index (χ4n) is 0.752. The largest absolute Gasteiger partial charge is 0.293 e. The fraction of sp³-hybridized carbons (Fsp3) is 0.200. The number of hydrogen-bond donors (Lipinski definition) is 1. The number of nitrogens with one attached hydrogen (secondary N) is 1. The molecular weight excluding hydrogens is 200 g/mol. The average Bonchev–Trinajstić information content (AvgIpc) is 2.16. The molecule has 0 saturated carbocycles. The van der Waals surface area contributed by atoms with Gasteiger partial charge in [0.1, 0.15) is 5.71 Å². The van der Waals surface area contributed by atoms with Crippen molar-refractivity contribution in [3.05, 3.63) is 29.3 Å². The van der Waals surface area contributed by atoms with E-state index in [2.05, 4.69) is 10.5 Å². The summed E-state index contributed by atoms with van der Waals surface area (Å²) in [6.45, 7) is 3.13. The van der Waals surface area contributed by atoms with Crippen molar-refractivity contribution < 1.29 is 4.79 Å². The van der Waals surface area contributed by atoms with Crippen molar-refractivity contribution in [2.75, 3.05) is 5.43 Å². The van der Waals surface area contributed by atoms with Crippen LogP contribution in [-0.4, -0.2) is 11.5 Å². The number of hydrogen-bond acceptors (Lipinski definition) is 3. The van der Waals surface area contributed by atoms with E-state index in [-0.39, 0.29) is 5.78 Å². The minimum atomic E-state index is -0.0496. The standard InChI is InChI=1S/C10H11ClN2O/c1-7(8(2)14)12-13-10-5-3-9(11)4-6-10/h3-6,13H,1-2H3. The highest BCUT2D eigenvalue weighted by molar-refractivity contribution is 6.38. The van der Waals surface area contributed by atoms with Crippen molar-refractivity contribution in [3.63, 3.8) is 0 Å². The second kappa shape index (κ2) is 4.77. The predicted octanol–water partition coefficient (Wildman–Crippen LogP) is 2.72. The van der Waals surface area contributed by atoms with Crippen molar-refractivity contribution >= 4 is 28.8 Å². The maximum Gasteiger partial charge on any atom is 0.175 e. The fourth-order valence-corrected chi connectivity index (χ4v) is 0.878. The first-order chi connectivity index (χ1) is 6.59. The molecule has 14 heavy (non-hydrogen) atoms. The van der Waals surface area contributed by atoms with Gasteiger partial charge in [0.05, 0.1) is 5.69 Å². The third-order valence-corrected chi connectivity index (χ3v) is 1.96. The second-order valence-electron chi connectivity index (χ2n) is 2.87. The van der Waals surface area contributed by atoms with Crippen LogP contribution in [0.25, 0.3) is 0 Å². The first kappa shape index (κ1) is 10.7. The van der Waals surface area contributed by atoms with E-state index in [1.165, 1.54) is 6.92 Å². The zero-order valence-corrected chi connectivity index (χ0v) is 8.80. The van der Waals surface area contributed by atoms with E-state index >= 15 is 0 Å². The van der Waals surface area contributed by atoms with Gasteiger partial charge in [0, 0.05) is 11.9 Å². The SMILES string of the molecule is CC(=O)C(C)=NNc1ccc(Cl)cc1. The molecule has 4 heteroatoms. The molecule has 0 radical (unpaired) electrons. The molecule has 0 saturated heterocycles. The van der Waals surface area contributed by atoms with E-state index in [1.807, 2.05) is 0 Å². The number of anilines is 1. The Labute approximate surface area is 87.8 Å². The molecule has 1 rings (SSSR count). The maximum atomic E-state index is 10.8. The van der Waals surface area contributed by atoms with Gasteiger partial charge in [0.15, 0.2) is 5.78 Å². The highest BCUT2D eigenvalue weighted by Crippen LogP contribution is 2.13. The predicted molar refractivity (Wildman–Crippen MR) is 58.9 cm³/mol. The van der Waals surface area contributed by atoms with Gasteiger partial charge in [0.25, 0.3) is 0 Å². The lowest BCUT2D eigenvalue weighted by Gasteiger charge is -2.00. The molecule has 0 aromatic heterocycles. The third-order valence-electron chi connectivity index (χ3n) is 1.71. The molecule has 0 amide bonds. The summed E-state index contributed by atoms with van der Waals surface area (Å²) in [7, 11) is 0. The number of halogens is 1. The van der Waals surface area contributed by atoms with E-state index in [9.17, 15) is 4.79 Å². The minimum Gasteiger partial charge on any atom is -0.293 e. The first-order valence-corrected chi connectivity index (χ1v) is 4.54. The number of carbonyl (C=O) groups excluding carboxylic acids is 1. The summed E-state index contributed by atoms with van der Waals surface area (Å²) in [5.74, 6) is -0.0496. The number of nitrogens with zero attached hydrogens (tertiary/aromatic N) is 1. The van der Waals surface area contributed by atoms with E-state index in [4.69, 9.17) is 11.6 Å². The molecule has 3 nitrogen and oxygen atoms in total. The van der Waals surface area contributed by atoms with Crippen LogP contribution in [0.1, 0.15) is 13.8 Å². The molecule has 1 N–H and O–H groups in total. The number of hydrazone groups is 1. The van der Waals surface area contributed by atoms with E-state index < -0.39 is 0 Å². The van der Waals surface area contributed by atoms with Crippen LogP contribution in [0.2, 0.25) is 5.02 Å². The van der Waals surface area contributed by atoms with Gasteiger partial charge in [-0.25, -0.2) is 0 Å². The summed E-state index contributed by atoms with van der Waals surface area (Å²) < 4.78 is 0. The van der Waals surface area contributed by atoms with Crippen LogP contribution in [0.5, 0.6) is 0 Å². The third kappa shape index (κ3) is 3.18. The van der Waals surface area contributed by atoms with E-state index in [0.29, 0.717) is 10.7 Å². The van der Waals surface area contributed by atoms with Crippen molar-refractivity contribution in [3.8, 4) is 0 Å². The van der Waals surface area contributed by atoms with Gasteiger partial charge in [-0.05, 0) is 31.2 Å². The van der Waals surface area contributed by atoms with E-state index in [1.54, 1.807) is 31.2 Å². The highest BCUT2D eigenvalue weighted by Gasteiger charge is 1.96. The zero-order chi connectivity index (χ0) is 10.6. The number of benzene rings is 1. The number of carbonyl (C=O) groups is 1. The highest BCUT2D eigenvalue weighted by atomic mass is 35.5. The molecule has 74 valence electrons. The van der Waals surface area contributed by atoms with Gasteiger partial charge >= 0.3 is 0 Å². The Hall–Kier alpha value is -1.35. The van der Waals surface area contributed by atoms with Crippen LogP contribution in [0.3, 0.4) is 0 Å². The van der Waals surface area contributed by atoms with Gasteiger partial charge < -0.3 is 0 Å². The average molecular weight is 211 g/mol. The molecule has 0 fully saturated rings. The summed E-state index contributed by atoms with van der Waals surface area (Å²) in [5.41, 5.74) is 4.01. The Bertz CT molecular complexity index is 357. The molecular formula is C10H11ClN2O. The van der Waals surface area contributed by atoms with Crippen LogP contribution in [0.4, 0.5) is 5.69 Å². The molecule has 0 aliphatic carbocycles. The van der Waals surface area contributed by atoms with Crippen LogP contribution < -0.4 is 5.43 Å². The maximum absolute atomic E-state index is 10.8. The molecule has 0 bridgehead atoms. The van der Waals surface area contributed by atoms with Gasteiger partial charge in [-0.2, -0.15) is 5.10 Å². The lowest BCUT2D eigenvalue weighted by Crippen LogP contribution is -2.07. The van der Waals surface area contributed by atoms with Crippen LogP contribution in [0, 0.1) is 0 Å². The van der Waals surface area contributed by atoms with Crippen molar-refractivity contribution in [1.29, 1.82) is 0 Å². The molecule has 0 heterocycles.